The predicted octanol–water partition coefficient (Wildman–Crippen LogP) is 4.09. The van der Waals surface area contributed by atoms with Crippen molar-refractivity contribution in [2.45, 2.75) is 59.3 Å². The first-order valence-electron chi connectivity index (χ1n) is 6.78. The van der Waals surface area contributed by atoms with Crippen molar-refractivity contribution in [1.29, 1.82) is 0 Å². The lowest BCUT2D eigenvalue weighted by atomic mass is 9.85. The van der Waals surface area contributed by atoms with E-state index >= 15 is 0 Å². The third-order valence-electron chi connectivity index (χ3n) is 4.29. The van der Waals surface area contributed by atoms with E-state index in [-0.39, 0.29) is 0 Å². The van der Waals surface area contributed by atoms with Gasteiger partial charge in [-0.25, -0.2) is 0 Å². The van der Waals surface area contributed by atoms with Gasteiger partial charge < -0.3 is 4.98 Å². The Kier molecular flexibility index (Phi) is 3.70. The number of aromatic amines is 1. The van der Waals surface area contributed by atoms with E-state index in [4.69, 9.17) is 0 Å². The topological polar surface area (TPSA) is 32.9 Å². The molecule has 0 unspecified atom stereocenters. The number of ketones is 1. The lowest BCUT2D eigenvalue weighted by molar-refractivity contribution is 0.0945. The second-order valence-electron chi connectivity index (χ2n) is 5.51. The largest absolute Gasteiger partial charge is 0.356 e. The van der Waals surface area contributed by atoms with Crippen molar-refractivity contribution >= 4 is 5.78 Å². The van der Waals surface area contributed by atoms with Gasteiger partial charge >= 0.3 is 0 Å². The molecule has 0 saturated heterocycles. The summed E-state index contributed by atoms with van der Waals surface area (Å²) in [6.07, 6.45) is 7.18. The summed E-state index contributed by atoms with van der Waals surface area (Å²) in [7, 11) is 0. The number of H-pyrrole nitrogens is 1. The average molecular weight is 233 g/mol. The summed E-state index contributed by atoms with van der Waals surface area (Å²) in [6.45, 7) is 6.17. The van der Waals surface area contributed by atoms with Gasteiger partial charge in [0.25, 0.3) is 0 Å². The summed E-state index contributed by atoms with van der Waals surface area (Å²) in [5.74, 6) is 0.935. The molecule has 0 bridgehead atoms. The van der Waals surface area contributed by atoms with Crippen molar-refractivity contribution in [2.75, 3.05) is 0 Å². The van der Waals surface area contributed by atoms with Gasteiger partial charge in [0, 0.05) is 12.1 Å². The summed E-state index contributed by atoms with van der Waals surface area (Å²) >= 11 is 0. The van der Waals surface area contributed by atoms with E-state index in [2.05, 4.69) is 11.9 Å². The van der Waals surface area contributed by atoms with Crippen LogP contribution in [0.3, 0.4) is 0 Å². The van der Waals surface area contributed by atoms with Gasteiger partial charge in [-0.2, -0.15) is 0 Å². The maximum absolute atomic E-state index is 12.3. The highest BCUT2D eigenvalue weighted by Crippen LogP contribution is 2.28. The molecule has 0 spiro atoms. The average Bonchev–Trinajstić information content (AvgIpc) is 2.58. The van der Waals surface area contributed by atoms with Gasteiger partial charge in [-0.3, -0.25) is 4.79 Å². The normalized spacial score (nSPS) is 17.4. The summed E-state index contributed by atoms with van der Waals surface area (Å²) < 4.78 is 0. The van der Waals surface area contributed by atoms with Crippen LogP contribution in [-0.2, 0) is 0 Å². The molecule has 1 heterocycles. The van der Waals surface area contributed by atoms with Crippen LogP contribution >= 0.6 is 0 Å². The molecular weight excluding hydrogens is 210 g/mol. The Labute approximate surface area is 104 Å². The third kappa shape index (κ3) is 2.62. The molecule has 1 aliphatic rings. The number of hydrogen-bond donors (Lipinski definition) is 1. The van der Waals surface area contributed by atoms with E-state index in [1.165, 1.54) is 37.7 Å². The number of aryl methyl sites for hydroxylation is 1. The maximum Gasteiger partial charge on any atom is 0.179 e. The van der Waals surface area contributed by atoms with E-state index in [0.717, 1.165) is 23.4 Å². The molecule has 1 N–H and O–H groups in total. The molecule has 0 aromatic carbocycles. The van der Waals surface area contributed by atoms with Crippen LogP contribution in [0.5, 0.6) is 0 Å². The molecule has 0 aliphatic heterocycles. The Hall–Kier alpha value is -1.05. The summed E-state index contributed by atoms with van der Waals surface area (Å²) in [4.78, 5) is 15.5. The molecular formula is C15H23NO. The molecule has 0 amide bonds. The lowest BCUT2D eigenvalue weighted by Crippen LogP contribution is -2.13. The summed E-state index contributed by atoms with van der Waals surface area (Å²) in [6, 6.07) is 0. The Bertz CT molecular complexity index is 411. The minimum absolute atomic E-state index is 0.311. The molecule has 2 heteroatoms. The molecule has 1 aliphatic carbocycles. The molecule has 0 atom stereocenters. The van der Waals surface area contributed by atoms with Crippen LogP contribution in [0.2, 0.25) is 0 Å². The first-order valence-corrected chi connectivity index (χ1v) is 6.78. The second-order valence-corrected chi connectivity index (χ2v) is 5.51. The number of carbonyl (C=O) groups is 1. The van der Waals surface area contributed by atoms with Crippen molar-refractivity contribution < 1.29 is 4.79 Å². The molecule has 1 aromatic heterocycles. The zero-order chi connectivity index (χ0) is 12.4. The molecule has 2 nitrogen and oxygen atoms in total. The highest BCUT2D eigenvalue weighted by Gasteiger charge is 2.21. The van der Waals surface area contributed by atoms with Crippen molar-refractivity contribution in [3.05, 3.63) is 22.5 Å². The molecule has 94 valence electrons. The molecule has 1 saturated carbocycles. The van der Waals surface area contributed by atoms with Gasteiger partial charge in [-0.15, -0.1) is 0 Å². The van der Waals surface area contributed by atoms with Gasteiger partial charge in [0.2, 0.25) is 0 Å². The fourth-order valence-electron chi connectivity index (χ4n) is 2.88. The number of Topliss-reactive ketones (excluding diaryl/α,β-unsaturated/α-hetero) is 1. The van der Waals surface area contributed by atoms with Crippen LogP contribution in [0.25, 0.3) is 0 Å². The van der Waals surface area contributed by atoms with Gasteiger partial charge in [0.15, 0.2) is 5.78 Å². The fraction of sp³-hybridized carbons (Fsp3) is 0.667. The van der Waals surface area contributed by atoms with E-state index in [0.29, 0.717) is 11.7 Å². The van der Waals surface area contributed by atoms with Gasteiger partial charge in [-0.05, 0) is 37.8 Å². The number of rotatable bonds is 3. The van der Waals surface area contributed by atoms with Crippen LogP contribution in [0.1, 0.15) is 65.8 Å². The second kappa shape index (κ2) is 5.07. The minimum Gasteiger partial charge on any atom is -0.356 e. The van der Waals surface area contributed by atoms with Crippen LogP contribution in [0.15, 0.2) is 0 Å². The van der Waals surface area contributed by atoms with E-state index in [1.807, 2.05) is 13.8 Å². The lowest BCUT2D eigenvalue weighted by Gasteiger charge is -2.20. The van der Waals surface area contributed by atoms with Crippen molar-refractivity contribution in [1.82, 2.24) is 4.98 Å². The molecule has 17 heavy (non-hydrogen) atoms. The third-order valence-corrected chi connectivity index (χ3v) is 4.29. The summed E-state index contributed by atoms with van der Waals surface area (Å²) in [5, 5.41) is 0. The molecule has 1 aromatic rings. The first kappa shape index (κ1) is 12.4. The monoisotopic (exact) mass is 233 g/mol. The van der Waals surface area contributed by atoms with Crippen LogP contribution in [0, 0.1) is 26.7 Å². The van der Waals surface area contributed by atoms with Gasteiger partial charge in [0.05, 0.1) is 5.69 Å². The highest BCUT2D eigenvalue weighted by atomic mass is 16.1. The van der Waals surface area contributed by atoms with E-state index in [9.17, 15) is 4.79 Å². The molecule has 1 fully saturated rings. The van der Waals surface area contributed by atoms with Crippen molar-refractivity contribution in [3.8, 4) is 0 Å². The van der Waals surface area contributed by atoms with E-state index < -0.39 is 0 Å². The standard InChI is InChI=1S/C15H23NO/c1-10-11(2)15(16-12(10)3)14(17)9-13-7-5-4-6-8-13/h13,16H,4-9H2,1-3H3. The van der Waals surface area contributed by atoms with E-state index in [1.54, 1.807) is 0 Å². The van der Waals surface area contributed by atoms with Crippen LogP contribution in [0.4, 0.5) is 0 Å². The minimum atomic E-state index is 0.311. The Morgan fingerprint density at radius 3 is 2.29 bits per heavy atom. The number of carbonyl (C=O) groups excluding carboxylic acids is 1. The fourth-order valence-corrected chi connectivity index (χ4v) is 2.88. The Morgan fingerprint density at radius 2 is 1.76 bits per heavy atom. The molecule has 0 radical (unpaired) electrons. The smallest absolute Gasteiger partial charge is 0.179 e. The first-order chi connectivity index (χ1) is 8.09. The Balaban J connectivity index is 2.06. The van der Waals surface area contributed by atoms with Gasteiger partial charge in [0.1, 0.15) is 0 Å². The van der Waals surface area contributed by atoms with Crippen LogP contribution < -0.4 is 0 Å². The van der Waals surface area contributed by atoms with Crippen LogP contribution in [-0.4, -0.2) is 10.8 Å². The van der Waals surface area contributed by atoms with Crippen molar-refractivity contribution in [3.63, 3.8) is 0 Å². The highest BCUT2D eigenvalue weighted by molar-refractivity contribution is 5.96. The number of nitrogens with one attached hydrogen (secondary N) is 1. The quantitative estimate of drug-likeness (QED) is 0.783. The maximum atomic E-state index is 12.3. The zero-order valence-electron chi connectivity index (χ0n) is 11.2. The predicted molar refractivity (Wildman–Crippen MR) is 70.5 cm³/mol. The molecule has 2 rings (SSSR count). The SMILES string of the molecule is Cc1[nH]c(C(=O)CC2CCCCC2)c(C)c1C. The summed E-state index contributed by atoms with van der Waals surface area (Å²) in [5.41, 5.74) is 4.36. The number of aromatic nitrogens is 1. The number of hydrogen-bond acceptors (Lipinski definition) is 1. The van der Waals surface area contributed by atoms with Crippen molar-refractivity contribution in [2.24, 2.45) is 5.92 Å². The van der Waals surface area contributed by atoms with Gasteiger partial charge in [-0.1, -0.05) is 32.1 Å². The Morgan fingerprint density at radius 1 is 1.12 bits per heavy atom. The zero-order valence-corrected chi connectivity index (χ0v) is 11.2.